The molecule has 2 heterocycles. The standard InChI is InChI=1S/C17H10N2O2/c20-16-11-7-2-1-3-9-13-14(15(11)17(21)19-16)10-6-4-5-8-12(10)18-13/h1-9H,(H,19,20,21). The van der Waals surface area contributed by atoms with Gasteiger partial charge in [-0.2, -0.15) is 0 Å². The molecule has 1 aliphatic carbocycles. The first-order valence-corrected chi connectivity index (χ1v) is 6.59. The van der Waals surface area contributed by atoms with Gasteiger partial charge in [-0.05, 0) is 18.2 Å². The van der Waals surface area contributed by atoms with Gasteiger partial charge in [0, 0.05) is 10.9 Å². The zero-order valence-electron chi connectivity index (χ0n) is 11.0. The first-order valence-electron chi connectivity index (χ1n) is 6.59. The summed E-state index contributed by atoms with van der Waals surface area (Å²) < 4.78 is 0. The lowest BCUT2D eigenvalue weighted by atomic mass is 10.1. The van der Waals surface area contributed by atoms with Crippen LogP contribution in [0.15, 0.2) is 64.2 Å². The predicted molar refractivity (Wildman–Crippen MR) is 80.6 cm³/mol. The highest BCUT2D eigenvalue weighted by Gasteiger charge is 2.14. The van der Waals surface area contributed by atoms with Crippen LogP contribution in [0.2, 0.25) is 0 Å². The Morgan fingerprint density at radius 2 is 1.57 bits per heavy atom. The largest absolute Gasteiger partial charge is 0.288 e. The number of aromatic amines is 1. The lowest BCUT2D eigenvalue weighted by Crippen LogP contribution is -2.07. The topological polar surface area (TPSA) is 62.8 Å². The van der Waals surface area contributed by atoms with Gasteiger partial charge in [0.15, 0.2) is 0 Å². The molecule has 0 unspecified atom stereocenters. The van der Waals surface area contributed by atoms with E-state index >= 15 is 0 Å². The Morgan fingerprint density at radius 3 is 2.48 bits per heavy atom. The van der Waals surface area contributed by atoms with Gasteiger partial charge in [-0.15, -0.1) is 0 Å². The van der Waals surface area contributed by atoms with E-state index in [0.717, 1.165) is 16.5 Å². The van der Waals surface area contributed by atoms with Crippen LogP contribution < -0.4 is 11.1 Å². The third kappa shape index (κ3) is 1.66. The van der Waals surface area contributed by atoms with Crippen molar-refractivity contribution in [2.75, 3.05) is 0 Å². The number of para-hydroxylation sites is 1. The minimum atomic E-state index is -0.366. The first-order chi connectivity index (χ1) is 10.3. The number of hydrogen-bond acceptors (Lipinski definition) is 3. The minimum absolute atomic E-state index is 0.363. The molecule has 0 amide bonds. The zero-order valence-corrected chi connectivity index (χ0v) is 11.0. The lowest BCUT2D eigenvalue weighted by molar-refractivity contribution is 1.23. The van der Waals surface area contributed by atoms with E-state index in [2.05, 4.69) is 9.97 Å². The summed E-state index contributed by atoms with van der Waals surface area (Å²) in [7, 11) is 0. The van der Waals surface area contributed by atoms with Crippen LogP contribution in [0.3, 0.4) is 0 Å². The summed E-state index contributed by atoms with van der Waals surface area (Å²) in [5.41, 5.74) is 1.51. The van der Waals surface area contributed by atoms with Gasteiger partial charge in [0.2, 0.25) is 0 Å². The van der Waals surface area contributed by atoms with Crippen LogP contribution in [0.4, 0.5) is 0 Å². The normalized spacial score (nSPS) is 11.2. The van der Waals surface area contributed by atoms with Crippen LogP contribution in [0, 0.1) is 10.4 Å². The van der Waals surface area contributed by atoms with Crippen molar-refractivity contribution in [2.24, 2.45) is 0 Å². The number of nitrogens with one attached hydrogen (secondary N) is 1. The Hall–Kier alpha value is -3.01. The maximum Gasteiger partial charge on any atom is 0.259 e. The molecular formula is C17H10N2O2. The van der Waals surface area contributed by atoms with Gasteiger partial charge in [-0.1, -0.05) is 36.4 Å². The maximum atomic E-state index is 12.2. The molecule has 4 nitrogen and oxygen atoms in total. The number of hydrogen-bond donors (Lipinski definition) is 1. The molecule has 1 N–H and O–H groups in total. The molecule has 1 aromatic rings. The molecule has 21 heavy (non-hydrogen) atoms. The van der Waals surface area contributed by atoms with Crippen LogP contribution in [-0.2, 0) is 0 Å². The van der Waals surface area contributed by atoms with E-state index in [1.54, 1.807) is 12.1 Å². The van der Waals surface area contributed by atoms with Crippen LogP contribution in [0.5, 0.6) is 0 Å². The van der Waals surface area contributed by atoms with Gasteiger partial charge in [-0.25, -0.2) is 4.98 Å². The van der Waals surface area contributed by atoms with Gasteiger partial charge in [0.05, 0.1) is 21.6 Å². The van der Waals surface area contributed by atoms with Gasteiger partial charge < -0.3 is 0 Å². The molecule has 0 fully saturated rings. The Morgan fingerprint density at radius 1 is 0.810 bits per heavy atom. The molecule has 4 heteroatoms. The smallest absolute Gasteiger partial charge is 0.259 e. The van der Waals surface area contributed by atoms with E-state index in [0.29, 0.717) is 16.1 Å². The van der Waals surface area contributed by atoms with E-state index in [9.17, 15) is 9.59 Å². The molecule has 4 rings (SSSR count). The summed E-state index contributed by atoms with van der Waals surface area (Å²) in [5, 5.41) is 1.67. The van der Waals surface area contributed by atoms with Crippen molar-refractivity contribution in [1.82, 2.24) is 9.97 Å². The average molecular weight is 274 g/mol. The Bertz CT molecular complexity index is 1130. The Labute approximate surface area is 118 Å². The first kappa shape index (κ1) is 11.8. The average Bonchev–Trinajstić information content (AvgIpc) is 2.97. The summed E-state index contributed by atoms with van der Waals surface area (Å²) >= 11 is 0. The monoisotopic (exact) mass is 274 g/mol. The number of benzene rings is 1. The van der Waals surface area contributed by atoms with Gasteiger partial charge in [-0.3, -0.25) is 14.6 Å². The second kappa shape index (κ2) is 4.24. The van der Waals surface area contributed by atoms with E-state index in [1.807, 2.05) is 42.5 Å². The lowest BCUT2D eigenvalue weighted by Gasteiger charge is -1.92. The van der Waals surface area contributed by atoms with Crippen LogP contribution in [0.25, 0.3) is 22.2 Å². The Kier molecular flexibility index (Phi) is 2.38. The third-order valence-corrected chi connectivity index (χ3v) is 3.63. The molecule has 0 saturated heterocycles. The van der Waals surface area contributed by atoms with Crippen molar-refractivity contribution >= 4 is 10.9 Å². The maximum absolute atomic E-state index is 12.2. The highest BCUT2D eigenvalue weighted by atomic mass is 16.2. The fourth-order valence-corrected chi connectivity index (χ4v) is 2.73. The fourth-order valence-electron chi connectivity index (χ4n) is 2.73. The summed E-state index contributed by atoms with van der Waals surface area (Å²) in [6, 6.07) is 16.6. The molecule has 0 spiro atoms. The second-order valence-electron chi connectivity index (χ2n) is 4.87. The number of H-pyrrole nitrogens is 1. The molecule has 0 bridgehead atoms. The van der Waals surface area contributed by atoms with Crippen LogP contribution >= 0.6 is 0 Å². The highest BCUT2D eigenvalue weighted by Crippen LogP contribution is 2.29. The van der Waals surface area contributed by atoms with Crippen molar-refractivity contribution in [3.63, 3.8) is 0 Å². The molecular weight excluding hydrogens is 264 g/mol. The molecule has 0 radical (unpaired) electrons. The van der Waals surface area contributed by atoms with Gasteiger partial charge in [0.1, 0.15) is 0 Å². The van der Waals surface area contributed by atoms with Crippen LogP contribution in [0.1, 0.15) is 0 Å². The summed E-state index contributed by atoms with van der Waals surface area (Å²) in [6.45, 7) is 0. The summed E-state index contributed by atoms with van der Waals surface area (Å²) in [5.74, 6) is 0. The van der Waals surface area contributed by atoms with Gasteiger partial charge in [0.25, 0.3) is 11.1 Å². The summed E-state index contributed by atoms with van der Waals surface area (Å²) in [4.78, 5) is 31.1. The molecule has 0 atom stereocenters. The minimum Gasteiger partial charge on any atom is -0.288 e. The quantitative estimate of drug-likeness (QED) is 0.534. The number of fused-ring (bicyclic) bond motifs is 4. The molecule has 0 saturated carbocycles. The highest BCUT2D eigenvalue weighted by molar-refractivity contribution is 5.97. The zero-order chi connectivity index (χ0) is 14.4. The predicted octanol–water partition coefficient (Wildman–Crippen LogP) is 2.11. The van der Waals surface area contributed by atoms with Crippen LogP contribution in [-0.4, -0.2) is 9.97 Å². The fraction of sp³-hybridized carbons (Fsp3) is 0. The van der Waals surface area contributed by atoms with Crippen molar-refractivity contribution < 1.29 is 0 Å². The molecule has 1 aromatic carbocycles. The van der Waals surface area contributed by atoms with E-state index in [1.165, 1.54) is 0 Å². The SMILES string of the molecule is O=c1[nH]c(=O)c2c3c4ccccc4nc-3cccccc1=2. The molecule has 0 aromatic heterocycles. The molecule has 2 aliphatic heterocycles. The van der Waals surface area contributed by atoms with Gasteiger partial charge >= 0.3 is 0 Å². The number of aromatic nitrogens is 2. The molecule has 3 aliphatic rings. The molecule has 100 valence electrons. The second-order valence-corrected chi connectivity index (χ2v) is 4.87. The van der Waals surface area contributed by atoms with Crippen molar-refractivity contribution in [2.45, 2.75) is 0 Å². The third-order valence-electron chi connectivity index (χ3n) is 3.63. The van der Waals surface area contributed by atoms with E-state index in [4.69, 9.17) is 0 Å². The van der Waals surface area contributed by atoms with Crippen molar-refractivity contribution in [3.8, 4) is 11.3 Å². The van der Waals surface area contributed by atoms with E-state index < -0.39 is 0 Å². The van der Waals surface area contributed by atoms with Crippen molar-refractivity contribution in [1.29, 1.82) is 0 Å². The summed E-state index contributed by atoms with van der Waals surface area (Å²) in [6.07, 6.45) is 0. The van der Waals surface area contributed by atoms with Crippen molar-refractivity contribution in [3.05, 3.63) is 85.7 Å². The number of rotatable bonds is 0. The number of nitrogens with zero attached hydrogens (tertiary/aromatic N) is 1. The van der Waals surface area contributed by atoms with E-state index in [-0.39, 0.29) is 11.1 Å². The Balaban J connectivity index is 2.47.